The van der Waals surface area contributed by atoms with Crippen LogP contribution in [0.1, 0.15) is 5.69 Å². The molecule has 0 bridgehead atoms. The smallest absolute Gasteiger partial charge is 0.202 e. The van der Waals surface area contributed by atoms with Gasteiger partial charge in [0.25, 0.3) is 0 Å². The lowest BCUT2D eigenvalue weighted by Gasteiger charge is -1.99. The van der Waals surface area contributed by atoms with E-state index < -0.39 is 0 Å². The maximum Gasteiger partial charge on any atom is 0.202 e. The Kier molecular flexibility index (Phi) is 3.80. The van der Waals surface area contributed by atoms with Gasteiger partial charge in [-0.15, -0.1) is 0 Å². The summed E-state index contributed by atoms with van der Waals surface area (Å²) in [6, 6.07) is 11.7. The maximum absolute atomic E-state index is 5.74. The molecule has 3 aromatic rings. The molecule has 0 aliphatic heterocycles. The van der Waals surface area contributed by atoms with Crippen LogP contribution >= 0.6 is 0 Å². The molecule has 0 radical (unpaired) electrons. The van der Waals surface area contributed by atoms with Crippen molar-refractivity contribution in [3.63, 3.8) is 0 Å². The van der Waals surface area contributed by atoms with Gasteiger partial charge < -0.3 is 19.0 Å². The number of nitrogens with one attached hydrogen (secondary N) is 1. The van der Waals surface area contributed by atoms with E-state index in [-0.39, 0.29) is 0 Å². The summed E-state index contributed by atoms with van der Waals surface area (Å²) in [5.74, 6) is 1.34. The van der Waals surface area contributed by atoms with Gasteiger partial charge in [-0.2, -0.15) is 0 Å². The molecule has 0 aliphatic carbocycles. The first-order chi connectivity index (χ1) is 9.86. The van der Waals surface area contributed by atoms with Crippen LogP contribution in [0.5, 0.6) is 0 Å². The third kappa shape index (κ3) is 2.74. The summed E-state index contributed by atoms with van der Waals surface area (Å²) in [5, 5.41) is 8.29. The SMILES string of the molecule is COCCNCc1cc(-c2cc3ccccc3o2)on1. The third-order valence-corrected chi connectivity index (χ3v) is 3.02. The van der Waals surface area contributed by atoms with Crippen LogP contribution in [0.4, 0.5) is 0 Å². The standard InChI is InChI=1S/C15H16N2O3/c1-18-7-6-16-10-12-9-15(20-17-12)14-8-11-4-2-3-5-13(11)19-14/h2-5,8-9,16H,6-7,10H2,1H3. The van der Waals surface area contributed by atoms with Crippen molar-refractivity contribution in [2.24, 2.45) is 0 Å². The molecule has 104 valence electrons. The normalized spacial score (nSPS) is 11.2. The second kappa shape index (κ2) is 5.90. The first-order valence-corrected chi connectivity index (χ1v) is 6.51. The van der Waals surface area contributed by atoms with E-state index >= 15 is 0 Å². The highest BCUT2D eigenvalue weighted by Gasteiger charge is 2.11. The van der Waals surface area contributed by atoms with Gasteiger partial charge in [-0.3, -0.25) is 0 Å². The van der Waals surface area contributed by atoms with Gasteiger partial charge in [0, 0.05) is 31.7 Å². The quantitative estimate of drug-likeness (QED) is 0.699. The van der Waals surface area contributed by atoms with Crippen LogP contribution in [0, 0.1) is 0 Å². The van der Waals surface area contributed by atoms with Gasteiger partial charge in [0.15, 0.2) is 5.76 Å². The van der Waals surface area contributed by atoms with Crippen molar-refractivity contribution in [1.29, 1.82) is 0 Å². The molecular formula is C15H16N2O3. The van der Waals surface area contributed by atoms with Gasteiger partial charge in [-0.25, -0.2) is 0 Å². The van der Waals surface area contributed by atoms with Gasteiger partial charge in [0.05, 0.1) is 12.3 Å². The fraction of sp³-hybridized carbons (Fsp3) is 0.267. The highest BCUT2D eigenvalue weighted by Crippen LogP contribution is 2.27. The van der Waals surface area contributed by atoms with Gasteiger partial charge in [0.2, 0.25) is 5.76 Å². The fourth-order valence-corrected chi connectivity index (χ4v) is 2.01. The van der Waals surface area contributed by atoms with Crippen molar-refractivity contribution in [1.82, 2.24) is 10.5 Å². The van der Waals surface area contributed by atoms with Crippen molar-refractivity contribution < 1.29 is 13.7 Å². The molecule has 5 heteroatoms. The molecular weight excluding hydrogens is 256 g/mol. The number of para-hydroxylation sites is 1. The van der Waals surface area contributed by atoms with E-state index in [0.717, 1.165) is 23.2 Å². The molecule has 3 rings (SSSR count). The minimum atomic E-state index is 0.643. The summed E-state index contributed by atoms with van der Waals surface area (Å²) in [6.07, 6.45) is 0. The number of hydrogen-bond donors (Lipinski definition) is 1. The van der Waals surface area contributed by atoms with Crippen molar-refractivity contribution in [3.8, 4) is 11.5 Å². The second-order valence-corrected chi connectivity index (χ2v) is 4.50. The van der Waals surface area contributed by atoms with Crippen LogP contribution in [0.25, 0.3) is 22.5 Å². The number of nitrogens with zero attached hydrogens (tertiary/aromatic N) is 1. The van der Waals surface area contributed by atoms with E-state index in [1.165, 1.54) is 0 Å². The molecule has 20 heavy (non-hydrogen) atoms. The maximum atomic E-state index is 5.74. The summed E-state index contributed by atoms with van der Waals surface area (Å²) in [4.78, 5) is 0. The molecule has 0 saturated heterocycles. The Morgan fingerprint density at radius 1 is 1.20 bits per heavy atom. The molecule has 0 saturated carbocycles. The van der Waals surface area contributed by atoms with Crippen molar-refractivity contribution in [3.05, 3.63) is 42.1 Å². The monoisotopic (exact) mass is 272 g/mol. The Labute approximate surface area is 116 Å². The van der Waals surface area contributed by atoms with E-state index in [1.54, 1.807) is 7.11 Å². The predicted octanol–water partition coefficient (Wildman–Crippen LogP) is 2.82. The van der Waals surface area contributed by atoms with Gasteiger partial charge in [-0.1, -0.05) is 23.4 Å². The van der Waals surface area contributed by atoms with E-state index in [4.69, 9.17) is 13.7 Å². The van der Waals surface area contributed by atoms with Gasteiger partial charge in [-0.05, 0) is 12.1 Å². The lowest BCUT2D eigenvalue weighted by atomic mass is 10.2. The van der Waals surface area contributed by atoms with Crippen LogP contribution in [-0.2, 0) is 11.3 Å². The van der Waals surface area contributed by atoms with Crippen LogP contribution in [0.3, 0.4) is 0 Å². The van der Waals surface area contributed by atoms with E-state index in [9.17, 15) is 0 Å². The summed E-state index contributed by atoms with van der Waals surface area (Å²) < 4.78 is 16.0. The molecule has 1 aromatic carbocycles. The number of rotatable bonds is 6. The Hall–Kier alpha value is -2.11. The largest absolute Gasteiger partial charge is 0.453 e. The van der Waals surface area contributed by atoms with Gasteiger partial charge >= 0.3 is 0 Å². The Bertz CT molecular complexity index is 654. The van der Waals surface area contributed by atoms with E-state index in [0.29, 0.717) is 24.7 Å². The molecule has 1 N–H and O–H groups in total. The van der Waals surface area contributed by atoms with Crippen LogP contribution in [0.2, 0.25) is 0 Å². The number of benzene rings is 1. The molecule has 5 nitrogen and oxygen atoms in total. The molecule has 0 atom stereocenters. The minimum absolute atomic E-state index is 0.643. The Morgan fingerprint density at radius 2 is 2.10 bits per heavy atom. The Balaban J connectivity index is 1.72. The van der Waals surface area contributed by atoms with E-state index in [2.05, 4.69) is 10.5 Å². The number of methoxy groups -OCH3 is 1. The molecule has 2 aromatic heterocycles. The average molecular weight is 272 g/mol. The van der Waals surface area contributed by atoms with E-state index in [1.807, 2.05) is 36.4 Å². The van der Waals surface area contributed by atoms with Crippen LogP contribution in [0.15, 0.2) is 45.3 Å². The van der Waals surface area contributed by atoms with Crippen molar-refractivity contribution in [2.75, 3.05) is 20.3 Å². The summed E-state index contributed by atoms with van der Waals surface area (Å²) in [6.45, 7) is 2.10. The van der Waals surface area contributed by atoms with Crippen LogP contribution < -0.4 is 5.32 Å². The topological polar surface area (TPSA) is 60.4 Å². The zero-order valence-electron chi connectivity index (χ0n) is 11.3. The fourth-order valence-electron chi connectivity index (χ4n) is 2.01. The number of aromatic nitrogens is 1. The highest BCUT2D eigenvalue weighted by atomic mass is 16.5. The summed E-state index contributed by atoms with van der Waals surface area (Å²) >= 11 is 0. The lowest BCUT2D eigenvalue weighted by Crippen LogP contribution is -2.18. The summed E-state index contributed by atoms with van der Waals surface area (Å²) in [7, 11) is 1.68. The Morgan fingerprint density at radius 3 is 2.95 bits per heavy atom. The highest BCUT2D eigenvalue weighted by molar-refractivity contribution is 5.81. The number of ether oxygens (including phenoxy) is 1. The predicted molar refractivity (Wildman–Crippen MR) is 75.3 cm³/mol. The molecule has 0 aliphatic rings. The van der Waals surface area contributed by atoms with Gasteiger partial charge in [0.1, 0.15) is 5.58 Å². The number of fused-ring (bicyclic) bond motifs is 1. The lowest BCUT2D eigenvalue weighted by molar-refractivity contribution is 0.199. The molecule has 0 fully saturated rings. The second-order valence-electron chi connectivity index (χ2n) is 4.50. The van der Waals surface area contributed by atoms with Crippen molar-refractivity contribution >= 4 is 11.0 Å². The summed E-state index contributed by atoms with van der Waals surface area (Å²) in [5.41, 5.74) is 1.69. The molecule has 0 amide bonds. The zero-order chi connectivity index (χ0) is 13.8. The van der Waals surface area contributed by atoms with Crippen LogP contribution in [-0.4, -0.2) is 25.4 Å². The third-order valence-electron chi connectivity index (χ3n) is 3.02. The van der Waals surface area contributed by atoms with Crippen molar-refractivity contribution in [2.45, 2.75) is 6.54 Å². The number of furan rings is 1. The number of hydrogen-bond acceptors (Lipinski definition) is 5. The molecule has 0 spiro atoms. The molecule has 0 unspecified atom stereocenters. The first-order valence-electron chi connectivity index (χ1n) is 6.51. The minimum Gasteiger partial charge on any atom is -0.453 e. The molecule has 2 heterocycles. The average Bonchev–Trinajstić information content (AvgIpc) is 3.09. The zero-order valence-corrected chi connectivity index (χ0v) is 11.3. The first kappa shape index (κ1) is 12.9.